The molecule has 5 aliphatic rings. The number of halogens is 3. The molecule has 1 aliphatic heterocycles. The zero-order valence-corrected chi connectivity index (χ0v) is 21.9. The van der Waals surface area contributed by atoms with E-state index in [2.05, 4.69) is 0 Å². The van der Waals surface area contributed by atoms with Crippen LogP contribution >= 0.6 is 0 Å². The fraction of sp³-hybridized carbons (Fsp3) is 0.750. The third-order valence-electron chi connectivity index (χ3n) is 10.5. The van der Waals surface area contributed by atoms with Crippen molar-refractivity contribution in [1.29, 1.82) is 0 Å². The highest BCUT2D eigenvalue weighted by molar-refractivity contribution is 6.01. The summed E-state index contributed by atoms with van der Waals surface area (Å²) in [6.07, 6.45) is 0.627. The van der Waals surface area contributed by atoms with Gasteiger partial charge in [-0.2, -0.15) is 0 Å². The SMILES string of the molecule is C[C@@H]1C[C@H]2[C@@H]3C[C@H](F)C4=CC(=O)C=C[C@]4(C)C3(F)[C@@H](O)C[C@]2(C)[C@@]1(OC(=O)C1CCOCC1)C(=O)OCF. The first-order valence-corrected chi connectivity index (χ1v) is 13.4. The van der Waals surface area contributed by atoms with Crippen LogP contribution in [0.5, 0.6) is 0 Å². The highest BCUT2D eigenvalue weighted by Gasteiger charge is 2.79. The summed E-state index contributed by atoms with van der Waals surface area (Å²) in [4.78, 5) is 38.9. The minimum absolute atomic E-state index is 0.00787. The highest BCUT2D eigenvalue weighted by Crippen LogP contribution is 2.71. The number of hydrogen-bond acceptors (Lipinski definition) is 7. The summed E-state index contributed by atoms with van der Waals surface area (Å²) in [5, 5.41) is 11.5. The van der Waals surface area contributed by atoms with Crippen LogP contribution in [0, 0.1) is 34.5 Å². The maximum Gasteiger partial charge on any atom is 0.353 e. The third kappa shape index (κ3) is 3.44. The van der Waals surface area contributed by atoms with Crippen molar-refractivity contribution in [3.8, 4) is 0 Å². The minimum Gasteiger partial charge on any atom is -0.446 e. The second kappa shape index (κ2) is 9.18. The first-order valence-electron chi connectivity index (χ1n) is 13.4. The van der Waals surface area contributed by atoms with Gasteiger partial charge in [-0.15, -0.1) is 0 Å². The van der Waals surface area contributed by atoms with Gasteiger partial charge < -0.3 is 19.3 Å². The van der Waals surface area contributed by atoms with E-state index < -0.39 is 82.6 Å². The molecule has 7 nitrogen and oxygen atoms in total. The second-order valence-corrected chi connectivity index (χ2v) is 12.1. The van der Waals surface area contributed by atoms with Gasteiger partial charge in [0.1, 0.15) is 6.17 Å². The Kier molecular flexibility index (Phi) is 6.61. The molecule has 0 aromatic rings. The van der Waals surface area contributed by atoms with E-state index in [1.807, 2.05) is 0 Å². The molecule has 0 bridgehead atoms. The number of carbonyl (C=O) groups is 3. The molecule has 1 heterocycles. The minimum atomic E-state index is -2.35. The van der Waals surface area contributed by atoms with E-state index in [-0.39, 0.29) is 24.8 Å². The number of esters is 2. The van der Waals surface area contributed by atoms with E-state index >= 15 is 8.78 Å². The van der Waals surface area contributed by atoms with Gasteiger partial charge in [-0.25, -0.2) is 18.0 Å². The van der Waals surface area contributed by atoms with Crippen LogP contribution in [0.1, 0.15) is 52.9 Å². The van der Waals surface area contributed by atoms with E-state index in [0.717, 1.165) is 6.08 Å². The Balaban J connectivity index is 1.59. The quantitative estimate of drug-likeness (QED) is 0.543. The van der Waals surface area contributed by atoms with Crippen LogP contribution in [0.2, 0.25) is 0 Å². The zero-order chi connectivity index (χ0) is 27.7. The number of ether oxygens (including phenoxy) is 3. The molecule has 0 amide bonds. The number of aliphatic hydroxyl groups is 1. The Hall–Kier alpha value is -2.20. The average Bonchev–Trinajstić information content (AvgIpc) is 3.10. The number of allylic oxidation sites excluding steroid dienone is 4. The number of fused-ring (bicyclic) bond motifs is 5. The third-order valence-corrected chi connectivity index (χ3v) is 10.5. The molecular weight excluding hydrogens is 505 g/mol. The summed E-state index contributed by atoms with van der Waals surface area (Å²) in [5.41, 5.74) is -7.32. The number of rotatable bonds is 4. The topological polar surface area (TPSA) is 99.1 Å². The van der Waals surface area contributed by atoms with Crippen molar-refractivity contribution in [3.05, 3.63) is 23.8 Å². The average molecular weight is 541 g/mol. The molecule has 1 saturated heterocycles. The molecule has 4 aliphatic carbocycles. The lowest BCUT2D eigenvalue weighted by Crippen LogP contribution is -2.71. The molecular formula is C28H35F3O7. The first-order chi connectivity index (χ1) is 17.9. The predicted octanol–water partition coefficient (Wildman–Crippen LogP) is 3.73. The van der Waals surface area contributed by atoms with E-state index in [4.69, 9.17) is 14.2 Å². The largest absolute Gasteiger partial charge is 0.446 e. The van der Waals surface area contributed by atoms with Crippen LogP contribution in [0.4, 0.5) is 13.2 Å². The van der Waals surface area contributed by atoms with Crippen LogP contribution in [0.25, 0.3) is 0 Å². The second-order valence-electron chi connectivity index (χ2n) is 12.1. The van der Waals surface area contributed by atoms with Gasteiger partial charge in [0.05, 0.1) is 12.0 Å². The predicted molar refractivity (Wildman–Crippen MR) is 128 cm³/mol. The number of aliphatic hydroxyl groups excluding tert-OH is 1. The van der Waals surface area contributed by atoms with Crippen LogP contribution in [-0.4, -0.2) is 66.4 Å². The number of ketones is 1. The van der Waals surface area contributed by atoms with Crippen LogP contribution < -0.4 is 0 Å². The summed E-state index contributed by atoms with van der Waals surface area (Å²) in [6.45, 7) is 4.03. The van der Waals surface area contributed by atoms with Crippen LogP contribution in [-0.2, 0) is 28.6 Å². The molecule has 38 heavy (non-hydrogen) atoms. The molecule has 0 radical (unpaired) electrons. The monoisotopic (exact) mass is 540 g/mol. The fourth-order valence-corrected chi connectivity index (χ4v) is 8.55. The molecule has 0 spiro atoms. The first kappa shape index (κ1) is 27.4. The standard InChI is InChI=1S/C28H35F3O7/c1-15-10-18-19-12-21(30)20-11-17(32)4-7-25(20,2)27(19,31)22(33)13-26(18,3)28(15,24(35)37-14-29)38-23(34)16-5-8-36-9-6-16/h4,7,11,15-16,18-19,21-22,33H,5-6,8-10,12-14H2,1-3H3/t15-,18+,19+,21+,22+,25+,26+,27?,28+/m1/s1. The van der Waals surface area contributed by atoms with Gasteiger partial charge in [0, 0.05) is 35.9 Å². The van der Waals surface area contributed by atoms with Gasteiger partial charge in [0.15, 0.2) is 11.5 Å². The summed E-state index contributed by atoms with van der Waals surface area (Å²) in [7, 11) is 0. The van der Waals surface area contributed by atoms with E-state index in [9.17, 15) is 23.9 Å². The lowest BCUT2D eigenvalue weighted by molar-refractivity contribution is -0.242. The molecule has 0 aromatic heterocycles. The van der Waals surface area contributed by atoms with E-state index in [1.54, 1.807) is 13.8 Å². The summed E-state index contributed by atoms with van der Waals surface area (Å²) in [6, 6.07) is 0. The molecule has 3 saturated carbocycles. The highest BCUT2D eigenvalue weighted by atomic mass is 19.1. The van der Waals surface area contributed by atoms with Gasteiger partial charge in [0.2, 0.25) is 12.5 Å². The van der Waals surface area contributed by atoms with Crippen molar-refractivity contribution in [1.82, 2.24) is 0 Å². The Labute approximate surface area is 219 Å². The summed E-state index contributed by atoms with van der Waals surface area (Å²) in [5.74, 6) is -5.22. The fourth-order valence-electron chi connectivity index (χ4n) is 8.55. The van der Waals surface area contributed by atoms with Crippen molar-refractivity contribution in [2.24, 2.45) is 34.5 Å². The lowest BCUT2D eigenvalue weighted by atomic mass is 9.44. The Bertz CT molecular complexity index is 1090. The molecule has 0 aromatic carbocycles. The van der Waals surface area contributed by atoms with E-state index in [1.165, 1.54) is 19.1 Å². The molecule has 4 fully saturated rings. The van der Waals surface area contributed by atoms with Crippen LogP contribution in [0.3, 0.4) is 0 Å². The Morgan fingerprint density at radius 2 is 1.87 bits per heavy atom. The van der Waals surface area contributed by atoms with Crippen molar-refractivity contribution >= 4 is 17.7 Å². The Morgan fingerprint density at radius 1 is 1.18 bits per heavy atom. The maximum atomic E-state index is 17.4. The summed E-state index contributed by atoms with van der Waals surface area (Å²) < 4.78 is 62.6. The molecule has 1 N–H and O–H groups in total. The number of carbonyl (C=O) groups excluding carboxylic acids is 3. The number of alkyl halides is 3. The van der Waals surface area contributed by atoms with Crippen molar-refractivity contribution in [2.45, 2.75) is 76.4 Å². The van der Waals surface area contributed by atoms with Crippen molar-refractivity contribution in [2.75, 3.05) is 20.1 Å². The van der Waals surface area contributed by atoms with Gasteiger partial charge in [0.25, 0.3) is 0 Å². The molecule has 5 rings (SSSR count). The molecule has 10 heteroatoms. The molecule has 9 atom stereocenters. The van der Waals surface area contributed by atoms with Gasteiger partial charge >= 0.3 is 11.9 Å². The normalized spacial score (nSPS) is 46.4. The molecule has 210 valence electrons. The zero-order valence-electron chi connectivity index (χ0n) is 21.9. The van der Waals surface area contributed by atoms with Gasteiger partial charge in [-0.1, -0.05) is 19.9 Å². The smallest absolute Gasteiger partial charge is 0.353 e. The van der Waals surface area contributed by atoms with Crippen molar-refractivity contribution < 1.29 is 46.9 Å². The van der Waals surface area contributed by atoms with Gasteiger partial charge in [-0.05, 0) is 62.7 Å². The van der Waals surface area contributed by atoms with Crippen LogP contribution in [0.15, 0.2) is 23.8 Å². The maximum absolute atomic E-state index is 17.4. The van der Waals surface area contributed by atoms with E-state index in [0.29, 0.717) is 26.1 Å². The summed E-state index contributed by atoms with van der Waals surface area (Å²) >= 11 is 0. The Morgan fingerprint density at radius 3 is 2.53 bits per heavy atom. The van der Waals surface area contributed by atoms with Gasteiger partial charge in [-0.3, -0.25) is 9.59 Å². The lowest BCUT2D eigenvalue weighted by Gasteiger charge is -2.63. The van der Waals surface area contributed by atoms with Crippen molar-refractivity contribution in [3.63, 3.8) is 0 Å². The molecule has 1 unspecified atom stereocenters. The number of hydrogen-bond donors (Lipinski definition) is 1.